The third-order valence-electron chi connectivity index (χ3n) is 5.55. The first-order valence-corrected chi connectivity index (χ1v) is 12.3. The number of para-hydroxylation sites is 1. The maximum absolute atomic E-state index is 13.0. The van der Waals surface area contributed by atoms with Crippen LogP contribution in [0.15, 0.2) is 77.6 Å². The first-order valence-electron chi connectivity index (χ1n) is 10.6. The average molecular weight is 477 g/mol. The highest BCUT2D eigenvalue weighted by atomic mass is 32.2. The minimum atomic E-state index is -3.43. The van der Waals surface area contributed by atoms with Crippen LogP contribution in [0.3, 0.4) is 0 Å². The minimum Gasteiger partial charge on any atom is -0.348 e. The standard InChI is InChI=1S/C25H24N4O4S/c1-17-28-23-10-6-5-9-22(23)25(31)29(17)21-13-11-18(12-14-21)24(30)27-15-19-7-3-4-8-20(19)16-34(32,33)26-2/h3-14,26H,15-16H2,1-2H3,(H,27,30). The van der Waals surface area contributed by atoms with Crippen LogP contribution in [0, 0.1) is 6.92 Å². The fourth-order valence-corrected chi connectivity index (χ4v) is 4.57. The second-order valence-electron chi connectivity index (χ2n) is 7.78. The molecule has 174 valence electrons. The third-order valence-corrected chi connectivity index (χ3v) is 6.86. The Labute approximate surface area is 197 Å². The smallest absolute Gasteiger partial charge is 0.265 e. The molecule has 34 heavy (non-hydrogen) atoms. The molecule has 4 rings (SSSR count). The van der Waals surface area contributed by atoms with Gasteiger partial charge in [-0.3, -0.25) is 14.2 Å². The maximum Gasteiger partial charge on any atom is 0.265 e. The highest BCUT2D eigenvalue weighted by Crippen LogP contribution is 2.15. The molecule has 0 unspecified atom stereocenters. The van der Waals surface area contributed by atoms with Gasteiger partial charge in [0.05, 0.1) is 22.3 Å². The molecule has 9 heteroatoms. The number of fused-ring (bicyclic) bond motifs is 1. The van der Waals surface area contributed by atoms with E-state index in [0.29, 0.717) is 33.5 Å². The van der Waals surface area contributed by atoms with E-state index in [0.717, 1.165) is 5.56 Å². The van der Waals surface area contributed by atoms with E-state index in [4.69, 9.17) is 0 Å². The second kappa shape index (κ2) is 9.58. The molecule has 0 spiro atoms. The van der Waals surface area contributed by atoms with Gasteiger partial charge in [-0.25, -0.2) is 18.1 Å². The van der Waals surface area contributed by atoms with Gasteiger partial charge in [-0.05, 0) is 61.5 Å². The Balaban J connectivity index is 1.53. The van der Waals surface area contributed by atoms with Crippen LogP contribution in [0.4, 0.5) is 0 Å². The van der Waals surface area contributed by atoms with Gasteiger partial charge in [-0.2, -0.15) is 0 Å². The van der Waals surface area contributed by atoms with E-state index in [1.807, 2.05) is 6.07 Å². The van der Waals surface area contributed by atoms with E-state index in [2.05, 4.69) is 15.0 Å². The summed E-state index contributed by atoms with van der Waals surface area (Å²) < 4.78 is 27.7. The molecular weight excluding hydrogens is 452 g/mol. The molecule has 0 saturated carbocycles. The predicted octanol–water partition coefficient (Wildman–Crippen LogP) is 2.67. The Morgan fingerprint density at radius 1 is 0.941 bits per heavy atom. The number of carbonyl (C=O) groups is 1. The highest BCUT2D eigenvalue weighted by molar-refractivity contribution is 7.88. The topological polar surface area (TPSA) is 110 Å². The average Bonchev–Trinajstić information content (AvgIpc) is 2.83. The molecule has 0 saturated heterocycles. The van der Waals surface area contributed by atoms with Crippen LogP contribution in [0.2, 0.25) is 0 Å². The summed E-state index contributed by atoms with van der Waals surface area (Å²) in [5.41, 5.74) is 2.83. The Bertz CT molecular complexity index is 1530. The van der Waals surface area contributed by atoms with Crippen LogP contribution in [0.1, 0.15) is 27.3 Å². The Kier molecular flexibility index (Phi) is 6.58. The lowest BCUT2D eigenvalue weighted by molar-refractivity contribution is 0.0951. The van der Waals surface area contributed by atoms with Gasteiger partial charge in [0.2, 0.25) is 10.0 Å². The van der Waals surface area contributed by atoms with Crippen molar-refractivity contribution in [2.45, 2.75) is 19.2 Å². The summed E-state index contributed by atoms with van der Waals surface area (Å²) in [6.45, 7) is 1.95. The predicted molar refractivity (Wildman–Crippen MR) is 131 cm³/mol. The molecule has 1 amide bonds. The summed E-state index contributed by atoms with van der Waals surface area (Å²) in [5, 5.41) is 3.35. The number of hydrogen-bond acceptors (Lipinski definition) is 5. The molecule has 0 fully saturated rings. The lowest BCUT2D eigenvalue weighted by Gasteiger charge is -2.13. The van der Waals surface area contributed by atoms with Crippen LogP contribution in [0.25, 0.3) is 16.6 Å². The molecule has 0 aliphatic heterocycles. The van der Waals surface area contributed by atoms with Crippen molar-refractivity contribution in [1.29, 1.82) is 0 Å². The molecule has 0 aliphatic rings. The normalized spacial score (nSPS) is 11.5. The highest BCUT2D eigenvalue weighted by Gasteiger charge is 2.14. The Hall–Kier alpha value is -3.82. The first kappa shape index (κ1) is 23.3. The van der Waals surface area contributed by atoms with Crippen LogP contribution in [-0.2, 0) is 22.3 Å². The van der Waals surface area contributed by atoms with Crippen molar-refractivity contribution >= 4 is 26.8 Å². The van der Waals surface area contributed by atoms with Crippen LogP contribution in [-0.4, -0.2) is 30.9 Å². The maximum atomic E-state index is 13.0. The van der Waals surface area contributed by atoms with E-state index < -0.39 is 10.0 Å². The number of nitrogens with one attached hydrogen (secondary N) is 2. The largest absolute Gasteiger partial charge is 0.348 e. The summed E-state index contributed by atoms with van der Waals surface area (Å²) in [7, 11) is -2.07. The zero-order valence-corrected chi connectivity index (χ0v) is 19.6. The molecule has 1 aromatic heterocycles. The molecule has 2 N–H and O–H groups in total. The fourth-order valence-electron chi connectivity index (χ4n) is 3.73. The minimum absolute atomic E-state index is 0.169. The van der Waals surface area contributed by atoms with Gasteiger partial charge in [0.25, 0.3) is 11.5 Å². The van der Waals surface area contributed by atoms with Crippen molar-refractivity contribution < 1.29 is 13.2 Å². The van der Waals surface area contributed by atoms with Crippen molar-refractivity contribution in [3.63, 3.8) is 0 Å². The Morgan fingerprint density at radius 2 is 1.59 bits per heavy atom. The summed E-state index contributed by atoms with van der Waals surface area (Å²) in [4.78, 5) is 30.2. The first-order chi connectivity index (χ1) is 16.3. The summed E-state index contributed by atoms with van der Waals surface area (Å²) in [6.07, 6.45) is 0. The number of hydrogen-bond donors (Lipinski definition) is 2. The third kappa shape index (κ3) is 4.90. The molecule has 3 aromatic carbocycles. The van der Waals surface area contributed by atoms with Crippen molar-refractivity contribution in [1.82, 2.24) is 19.6 Å². The number of nitrogens with zero attached hydrogens (tertiary/aromatic N) is 2. The van der Waals surface area contributed by atoms with Gasteiger partial charge >= 0.3 is 0 Å². The number of carbonyl (C=O) groups excluding carboxylic acids is 1. The number of benzene rings is 3. The van der Waals surface area contributed by atoms with Gasteiger partial charge in [-0.1, -0.05) is 36.4 Å². The molecule has 4 aromatic rings. The molecule has 1 heterocycles. The second-order valence-corrected chi connectivity index (χ2v) is 9.70. The van der Waals surface area contributed by atoms with Gasteiger partial charge in [0, 0.05) is 12.1 Å². The molecular formula is C25H24N4O4S. The number of sulfonamides is 1. The van der Waals surface area contributed by atoms with Gasteiger partial charge in [0.15, 0.2) is 0 Å². The van der Waals surface area contributed by atoms with E-state index in [1.165, 1.54) is 11.6 Å². The lowest BCUT2D eigenvalue weighted by atomic mass is 10.1. The monoisotopic (exact) mass is 476 g/mol. The summed E-state index contributed by atoms with van der Waals surface area (Å²) >= 11 is 0. The van der Waals surface area contributed by atoms with E-state index in [9.17, 15) is 18.0 Å². The molecule has 0 aliphatic carbocycles. The van der Waals surface area contributed by atoms with E-state index >= 15 is 0 Å². The molecule has 0 atom stereocenters. The van der Waals surface area contributed by atoms with Crippen molar-refractivity contribution in [3.05, 3.63) is 106 Å². The quantitative estimate of drug-likeness (QED) is 0.426. The number of aromatic nitrogens is 2. The van der Waals surface area contributed by atoms with Crippen LogP contribution < -0.4 is 15.6 Å². The molecule has 8 nitrogen and oxygen atoms in total. The lowest BCUT2D eigenvalue weighted by Crippen LogP contribution is -2.25. The van der Waals surface area contributed by atoms with Crippen molar-refractivity contribution in [3.8, 4) is 5.69 Å². The zero-order valence-electron chi connectivity index (χ0n) is 18.8. The van der Waals surface area contributed by atoms with Crippen LogP contribution >= 0.6 is 0 Å². The number of aryl methyl sites for hydroxylation is 1. The van der Waals surface area contributed by atoms with Crippen LogP contribution in [0.5, 0.6) is 0 Å². The van der Waals surface area contributed by atoms with Gasteiger partial charge < -0.3 is 5.32 Å². The van der Waals surface area contributed by atoms with Gasteiger partial charge in [-0.15, -0.1) is 0 Å². The molecule has 0 radical (unpaired) electrons. The van der Waals surface area contributed by atoms with E-state index in [1.54, 1.807) is 73.7 Å². The van der Waals surface area contributed by atoms with Gasteiger partial charge in [0.1, 0.15) is 5.82 Å². The Morgan fingerprint density at radius 3 is 2.29 bits per heavy atom. The SMILES string of the molecule is CNS(=O)(=O)Cc1ccccc1CNC(=O)c1ccc(-n2c(C)nc3ccccc3c2=O)cc1. The van der Waals surface area contributed by atoms with Crippen molar-refractivity contribution in [2.75, 3.05) is 7.05 Å². The summed E-state index contributed by atoms with van der Waals surface area (Å²) in [5.74, 6) is 0.0746. The number of rotatable bonds is 7. The molecule has 0 bridgehead atoms. The fraction of sp³-hybridized carbons (Fsp3) is 0.160. The zero-order chi connectivity index (χ0) is 24.3. The summed E-state index contributed by atoms with van der Waals surface area (Å²) in [6, 6.07) is 20.9. The van der Waals surface area contributed by atoms with E-state index in [-0.39, 0.29) is 23.8 Å². The number of amides is 1. The van der Waals surface area contributed by atoms with Crippen molar-refractivity contribution in [2.24, 2.45) is 0 Å².